The second kappa shape index (κ2) is 20.2. The number of hydrogen-bond acceptors (Lipinski definition) is 4. The lowest BCUT2D eigenvalue weighted by molar-refractivity contribution is 0.415. The maximum Gasteiger partial charge on any atom is 0.119 e. The van der Waals surface area contributed by atoms with Gasteiger partial charge in [0, 0.05) is 51.2 Å². The number of rotatable bonds is 14. The summed E-state index contributed by atoms with van der Waals surface area (Å²) in [6.07, 6.45) is 8.70. The Kier molecular flexibility index (Phi) is 13.3. The van der Waals surface area contributed by atoms with Gasteiger partial charge in [-0.25, -0.2) is 0 Å². The SMILES string of the molecule is COc1ccc(N(c2ccc(/C=C/c3ccc(N(c4ccc(C)cc4)c4ccc(C)cc4)cc3)cc2)c2ccc(/C=C/c3ccc(N(c4ccc(C)cc4)c4ccc(C)cc4)cc3)cc2)cc1. The summed E-state index contributed by atoms with van der Waals surface area (Å²) in [4.78, 5) is 6.88. The quantitative estimate of drug-likeness (QED) is 0.101. The Morgan fingerprint density at radius 3 is 0.582 bits per heavy atom. The first kappa shape index (κ1) is 43.9. The number of hydrogen-bond donors (Lipinski definition) is 0. The van der Waals surface area contributed by atoms with E-state index in [1.165, 1.54) is 22.3 Å². The monoisotopic (exact) mass is 869 g/mol. The number of ether oxygens (including phenoxy) is 1. The fourth-order valence-electron chi connectivity index (χ4n) is 8.17. The highest BCUT2D eigenvalue weighted by Crippen LogP contribution is 2.38. The van der Waals surface area contributed by atoms with Crippen LogP contribution in [-0.2, 0) is 0 Å². The Balaban J connectivity index is 0.913. The van der Waals surface area contributed by atoms with Gasteiger partial charge < -0.3 is 19.4 Å². The Hall–Kier alpha value is -8.34. The van der Waals surface area contributed by atoms with E-state index < -0.39 is 0 Å². The van der Waals surface area contributed by atoms with Crippen LogP contribution in [0.3, 0.4) is 0 Å². The maximum atomic E-state index is 5.51. The molecule has 67 heavy (non-hydrogen) atoms. The van der Waals surface area contributed by atoms with Crippen molar-refractivity contribution in [2.45, 2.75) is 27.7 Å². The smallest absolute Gasteiger partial charge is 0.119 e. The summed E-state index contributed by atoms with van der Waals surface area (Å²) in [5.74, 6) is 0.821. The van der Waals surface area contributed by atoms with Gasteiger partial charge in [-0.05, 0) is 171 Å². The van der Waals surface area contributed by atoms with Gasteiger partial charge >= 0.3 is 0 Å². The average Bonchev–Trinajstić information content (AvgIpc) is 3.37. The molecule has 0 heterocycles. The summed E-state index contributed by atoms with van der Waals surface area (Å²) in [6, 6.07) is 78.0. The van der Waals surface area contributed by atoms with Crippen molar-refractivity contribution in [1.82, 2.24) is 0 Å². The van der Waals surface area contributed by atoms with E-state index in [0.717, 1.165) is 79.2 Å². The zero-order valence-corrected chi connectivity index (χ0v) is 38.8. The normalized spacial score (nSPS) is 11.2. The highest BCUT2D eigenvalue weighted by molar-refractivity contribution is 5.82. The van der Waals surface area contributed by atoms with Crippen molar-refractivity contribution in [1.29, 1.82) is 0 Å². The first-order valence-electron chi connectivity index (χ1n) is 22.8. The van der Waals surface area contributed by atoms with Gasteiger partial charge in [0.1, 0.15) is 5.75 Å². The Morgan fingerprint density at radius 2 is 0.403 bits per heavy atom. The van der Waals surface area contributed by atoms with Crippen molar-refractivity contribution in [2.75, 3.05) is 21.8 Å². The molecule has 4 heteroatoms. The van der Waals surface area contributed by atoms with Crippen LogP contribution >= 0.6 is 0 Å². The molecule has 0 aromatic heterocycles. The molecule has 9 aromatic carbocycles. The van der Waals surface area contributed by atoms with Crippen molar-refractivity contribution in [2.24, 2.45) is 0 Å². The zero-order chi connectivity index (χ0) is 46.1. The van der Waals surface area contributed by atoms with Crippen LogP contribution in [0.2, 0.25) is 0 Å². The topological polar surface area (TPSA) is 19.0 Å². The van der Waals surface area contributed by atoms with E-state index >= 15 is 0 Å². The molecular formula is C63H55N3O. The summed E-state index contributed by atoms with van der Waals surface area (Å²) in [5, 5.41) is 0. The van der Waals surface area contributed by atoms with Crippen molar-refractivity contribution in [3.8, 4) is 5.75 Å². The van der Waals surface area contributed by atoms with E-state index in [2.05, 4.69) is 273 Å². The van der Waals surface area contributed by atoms with Gasteiger partial charge in [-0.15, -0.1) is 0 Å². The third kappa shape index (κ3) is 10.6. The number of anilines is 9. The summed E-state index contributed by atoms with van der Waals surface area (Å²) >= 11 is 0. The standard InChI is InChI=1S/C63H55N3O/c1-46-6-26-54(27-7-46)64(55-28-8-47(2)9-29-55)58-34-18-50(19-35-58)14-16-52-22-38-60(39-23-52)66(62-42-44-63(67-5)45-43-62)61-40-24-53(25-41-61)17-15-51-20-36-59(37-21-51)65(56-30-10-48(3)11-31-56)57-32-12-49(4)13-33-57/h6-45H,1-5H3/b16-14+,17-15+. The molecule has 0 saturated heterocycles. The minimum atomic E-state index is 0.821. The lowest BCUT2D eigenvalue weighted by Crippen LogP contribution is -2.09. The van der Waals surface area contributed by atoms with Gasteiger partial charge in [-0.1, -0.05) is 144 Å². The predicted octanol–water partition coefficient (Wildman–Crippen LogP) is 17.7. The van der Waals surface area contributed by atoms with Crippen molar-refractivity contribution in [3.63, 3.8) is 0 Å². The van der Waals surface area contributed by atoms with Crippen molar-refractivity contribution >= 4 is 75.5 Å². The first-order valence-corrected chi connectivity index (χ1v) is 22.8. The molecule has 0 aliphatic heterocycles. The number of methoxy groups -OCH3 is 1. The fourth-order valence-corrected chi connectivity index (χ4v) is 8.17. The van der Waals surface area contributed by atoms with E-state index in [1.54, 1.807) is 7.11 Å². The molecule has 0 unspecified atom stereocenters. The molecule has 328 valence electrons. The van der Waals surface area contributed by atoms with E-state index in [1.807, 2.05) is 12.1 Å². The predicted molar refractivity (Wildman–Crippen MR) is 287 cm³/mol. The van der Waals surface area contributed by atoms with Crippen LogP contribution in [0.15, 0.2) is 218 Å². The maximum absolute atomic E-state index is 5.51. The van der Waals surface area contributed by atoms with Crippen LogP contribution in [0.1, 0.15) is 44.5 Å². The molecule has 0 aliphatic carbocycles. The Morgan fingerprint density at radius 1 is 0.239 bits per heavy atom. The molecule has 4 nitrogen and oxygen atoms in total. The lowest BCUT2D eigenvalue weighted by Gasteiger charge is -2.26. The van der Waals surface area contributed by atoms with Crippen molar-refractivity contribution in [3.05, 3.63) is 263 Å². The Labute approximate surface area is 396 Å². The lowest BCUT2D eigenvalue weighted by atomic mass is 10.1. The van der Waals surface area contributed by atoms with Gasteiger partial charge in [0.15, 0.2) is 0 Å². The second-order valence-corrected chi connectivity index (χ2v) is 17.1. The molecular weight excluding hydrogens is 815 g/mol. The summed E-state index contributed by atoms with van der Waals surface area (Å²) in [7, 11) is 1.70. The molecule has 0 fully saturated rings. The van der Waals surface area contributed by atoms with E-state index in [0.29, 0.717) is 0 Å². The summed E-state index contributed by atoms with van der Waals surface area (Å²) in [6.45, 7) is 8.49. The first-order chi connectivity index (χ1) is 32.8. The van der Waals surface area contributed by atoms with Crippen LogP contribution < -0.4 is 19.4 Å². The molecule has 0 radical (unpaired) electrons. The van der Waals surface area contributed by atoms with E-state index in [4.69, 9.17) is 4.74 Å². The highest BCUT2D eigenvalue weighted by atomic mass is 16.5. The third-order valence-corrected chi connectivity index (χ3v) is 12.0. The van der Waals surface area contributed by atoms with Gasteiger partial charge in [-0.2, -0.15) is 0 Å². The molecule has 9 aromatic rings. The van der Waals surface area contributed by atoms with Gasteiger partial charge in [-0.3, -0.25) is 0 Å². The largest absolute Gasteiger partial charge is 0.497 e. The third-order valence-electron chi connectivity index (χ3n) is 12.0. The zero-order valence-electron chi connectivity index (χ0n) is 38.8. The molecule has 0 spiro atoms. The van der Waals surface area contributed by atoms with Gasteiger partial charge in [0.25, 0.3) is 0 Å². The molecule has 0 bridgehead atoms. The fraction of sp³-hybridized carbons (Fsp3) is 0.0794. The van der Waals surface area contributed by atoms with Gasteiger partial charge in [0.05, 0.1) is 7.11 Å². The summed E-state index contributed by atoms with van der Waals surface area (Å²) < 4.78 is 5.51. The number of aryl methyl sites for hydroxylation is 4. The van der Waals surface area contributed by atoms with Crippen LogP contribution in [0.5, 0.6) is 5.75 Å². The number of benzene rings is 9. The average molecular weight is 870 g/mol. The molecule has 0 aliphatic rings. The van der Waals surface area contributed by atoms with Crippen LogP contribution in [0, 0.1) is 27.7 Å². The van der Waals surface area contributed by atoms with Crippen LogP contribution in [0.4, 0.5) is 51.2 Å². The molecule has 0 saturated carbocycles. The minimum absolute atomic E-state index is 0.821. The van der Waals surface area contributed by atoms with Crippen LogP contribution in [-0.4, -0.2) is 7.11 Å². The molecule has 0 N–H and O–H groups in total. The van der Waals surface area contributed by atoms with Crippen molar-refractivity contribution < 1.29 is 4.74 Å². The molecule has 0 amide bonds. The highest BCUT2D eigenvalue weighted by Gasteiger charge is 2.15. The van der Waals surface area contributed by atoms with E-state index in [-0.39, 0.29) is 0 Å². The summed E-state index contributed by atoms with van der Waals surface area (Å²) in [5.41, 5.74) is 19.4. The van der Waals surface area contributed by atoms with Gasteiger partial charge in [0.2, 0.25) is 0 Å². The van der Waals surface area contributed by atoms with E-state index in [9.17, 15) is 0 Å². The number of nitrogens with zero attached hydrogens (tertiary/aromatic N) is 3. The van der Waals surface area contributed by atoms with Crippen LogP contribution in [0.25, 0.3) is 24.3 Å². The Bertz CT molecular complexity index is 2780. The molecule has 0 atom stereocenters. The second-order valence-electron chi connectivity index (χ2n) is 17.1. The minimum Gasteiger partial charge on any atom is -0.497 e. The molecule has 9 rings (SSSR count).